The summed E-state index contributed by atoms with van der Waals surface area (Å²) in [6.07, 6.45) is 7.75. The van der Waals surface area contributed by atoms with Crippen LogP contribution < -0.4 is 5.73 Å². The minimum Gasteiger partial charge on any atom is -0.398 e. The molecule has 0 spiro atoms. The highest BCUT2D eigenvalue weighted by Crippen LogP contribution is 2.31. The van der Waals surface area contributed by atoms with Crippen molar-refractivity contribution in [1.29, 1.82) is 0 Å². The predicted molar refractivity (Wildman–Crippen MR) is 102 cm³/mol. The van der Waals surface area contributed by atoms with E-state index in [1.807, 2.05) is 60.8 Å². The highest BCUT2D eigenvalue weighted by molar-refractivity contribution is 8.00. The van der Waals surface area contributed by atoms with Gasteiger partial charge >= 0.3 is 0 Å². The summed E-state index contributed by atoms with van der Waals surface area (Å²) in [6.45, 7) is 0.909. The zero-order valence-electron chi connectivity index (χ0n) is 13.3. The second kappa shape index (κ2) is 8.27. The van der Waals surface area contributed by atoms with Crippen LogP contribution in [0.2, 0.25) is 5.02 Å². The van der Waals surface area contributed by atoms with Gasteiger partial charge in [-0.15, -0.1) is 11.8 Å². The monoisotopic (exact) mass is 357 g/mol. The van der Waals surface area contributed by atoms with Gasteiger partial charge in [-0.25, -0.2) is 4.98 Å². The van der Waals surface area contributed by atoms with Crippen LogP contribution in [-0.2, 0) is 13.0 Å². The Kier molecular flexibility index (Phi) is 5.83. The van der Waals surface area contributed by atoms with Gasteiger partial charge in [0.05, 0.1) is 6.33 Å². The van der Waals surface area contributed by atoms with Crippen molar-refractivity contribution in [3.05, 3.63) is 77.8 Å². The van der Waals surface area contributed by atoms with Crippen LogP contribution in [0.25, 0.3) is 0 Å². The molecule has 1 atom stereocenters. The van der Waals surface area contributed by atoms with E-state index >= 15 is 0 Å². The zero-order chi connectivity index (χ0) is 16.8. The van der Waals surface area contributed by atoms with Crippen molar-refractivity contribution in [1.82, 2.24) is 9.55 Å². The van der Waals surface area contributed by atoms with Crippen LogP contribution >= 0.6 is 23.4 Å². The number of aromatic nitrogens is 2. The van der Waals surface area contributed by atoms with Gasteiger partial charge < -0.3 is 10.3 Å². The van der Waals surface area contributed by atoms with Crippen molar-refractivity contribution in [3.8, 4) is 0 Å². The topological polar surface area (TPSA) is 43.8 Å². The molecule has 0 radical (unpaired) electrons. The molecule has 24 heavy (non-hydrogen) atoms. The summed E-state index contributed by atoms with van der Waals surface area (Å²) in [5, 5.41) is 1.19. The lowest BCUT2D eigenvalue weighted by atomic mass is 10.1. The van der Waals surface area contributed by atoms with E-state index in [1.165, 1.54) is 5.56 Å². The predicted octanol–water partition coefficient (Wildman–Crippen LogP) is 4.91. The molecule has 0 amide bonds. The van der Waals surface area contributed by atoms with E-state index in [-0.39, 0.29) is 0 Å². The standard InChI is InChI=1S/C19H20ClN3S/c20-16-8-5-15(6-9-16)7-10-17(13-23-12-11-22-14-23)24-19-4-2-1-3-18(19)21/h1-6,8-9,11-12,14,17H,7,10,13,21H2. The fourth-order valence-electron chi connectivity index (χ4n) is 2.56. The third-order valence-electron chi connectivity index (χ3n) is 3.85. The molecule has 3 rings (SSSR count). The SMILES string of the molecule is Nc1ccccc1SC(CCc1ccc(Cl)cc1)Cn1ccnc1. The molecule has 2 aromatic carbocycles. The smallest absolute Gasteiger partial charge is 0.0946 e. The zero-order valence-corrected chi connectivity index (χ0v) is 14.9. The molecule has 0 saturated heterocycles. The van der Waals surface area contributed by atoms with Gasteiger partial charge in [-0.05, 0) is 42.7 Å². The van der Waals surface area contributed by atoms with E-state index in [9.17, 15) is 0 Å². The summed E-state index contributed by atoms with van der Waals surface area (Å²) in [5.74, 6) is 0. The Balaban J connectivity index is 1.69. The second-order valence-electron chi connectivity index (χ2n) is 5.70. The van der Waals surface area contributed by atoms with Crippen molar-refractivity contribution >= 4 is 29.1 Å². The van der Waals surface area contributed by atoms with Gasteiger partial charge in [0.25, 0.3) is 0 Å². The average molecular weight is 358 g/mol. The van der Waals surface area contributed by atoms with Crippen LogP contribution in [0.5, 0.6) is 0 Å². The Morgan fingerprint density at radius 2 is 1.92 bits per heavy atom. The summed E-state index contributed by atoms with van der Waals surface area (Å²) in [6, 6.07) is 16.1. The average Bonchev–Trinajstić information content (AvgIpc) is 3.09. The molecule has 1 heterocycles. The van der Waals surface area contributed by atoms with Crippen LogP contribution in [0.15, 0.2) is 72.1 Å². The van der Waals surface area contributed by atoms with Gasteiger partial charge in [0, 0.05) is 39.8 Å². The van der Waals surface area contributed by atoms with E-state index < -0.39 is 0 Å². The number of aryl methyl sites for hydroxylation is 1. The van der Waals surface area contributed by atoms with Gasteiger partial charge in [0.2, 0.25) is 0 Å². The number of halogens is 1. The molecular weight excluding hydrogens is 338 g/mol. The van der Waals surface area contributed by atoms with Crippen LogP contribution in [0, 0.1) is 0 Å². The Hall–Kier alpha value is -1.91. The van der Waals surface area contributed by atoms with Gasteiger partial charge in [-0.2, -0.15) is 0 Å². The molecular formula is C19H20ClN3S. The van der Waals surface area contributed by atoms with Crippen molar-refractivity contribution in [2.75, 3.05) is 5.73 Å². The van der Waals surface area contributed by atoms with Crippen molar-refractivity contribution in [2.45, 2.75) is 29.5 Å². The first-order valence-electron chi connectivity index (χ1n) is 7.92. The molecule has 2 N–H and O–H groups in total. The van der Waals surface area contributed by atoms with E-state index in [1.54, 1.807) is 0 Å². The van der Waals surface area contributed by atoms with Crippen LogP contribution in [0.1, 0.15) is 12.0 Å². The summed E-state index contributed by atoms with van der Waals surface area (Å²) in [5.41, 5.74) is 8.25. The lowest BCUT2D eigenvalue weighted by molar-refractivity contribution is 0.624. The second-order valence-corrected chi connectivity index (χ2v) is 7.48. The third-order valence-corrected chi connectivity index (χ3v) is 5.45. The molecule has 0 aliphatic carbocycles. The van der Waals surface area contributed by atoms with Crippen LogP contribution in [0.4, 0.5) is 5.69 Å². The Labute approximate surface area is 151 Å². The van der Waals surface area contributed by atoms with E-state index in [0.717, 1.165) is 35.0 Å². The number of nitrogen functional groups attached to an aromatic ring is 1. The minimum absolute atomic E-state index is 0.416. The molecule has 0 aliphatic rings. The fraction of sp³-hybridized carbons (Fsp3) is 0.211. The molecule has 124 valence electrons. The van der Waals surface area contributed by atoms with Gasteiger partial charge in [-0.3, -0.25) is 0 Å². The summed E-state index contributed by atoms with van der Waals surface area (Å²) in [4.78, 5) is 5.28. The number of rotatable bonds is 7. The van der Waals surface area contributed by atoms with Crippen LogP contribution in [0.3, 0.4) is 0 Å². The molecule has 3 aromatic rings. The summed E-state index contributed by atoms with van der Waals surface area (Å²) in [7, 11) is 0. The van der Waals surface area contributed by atoms with Crippen molar-refractivity contribution < 1.29 is 0 Å². The molecule has 0 aliphatic heterocycles. The summed E-state index contributed by atoms with van der Waals surface area (Å²) >= 11 is 7.80. The number of anilines is 1. The molecule has 5 heteroatoms. The highest BCUT2D eigenvalue weighted by Gasteiger charge is 2.13. The minimum atomic E-state index is 0.416. The fourth-order valence-corrected chi connectivity index (χ4v) is 3.89. The number of imidazole rings is 1. The Bertz CT molecular complexity index is 757. The molecule has 3 nitrogen and oxygen atoms in total. The van der Waals surface area contributed by atoms with E-state index in [4.69, 9.17) is 17.3 Å². The number of para-hydroxylation sites is 1. The normalized spacial score (nSPS) is 12.2. The largest absolute Gasteiger partial charge is 0.398 e. The maximum absolute atomic E-state index is 6.11. The number of hydrogen-bond acceptors (Lipinski definition) is 3. The lowest BCUT2D eigenvalue weighted by Gasteiger charge is -2.18. The Morgan fingerprint density at radius 1 is 1.12 bits per heavy atom. The highest BCUT2D eigenvalue weighted by atomic mass is 35.5. The number of nitrogens with zero attached hydrogens (tertiary/aromatic N) is 2. The van der Waals surface area contributed by atoms with Crippen molar-refractivity contribution in [2.24, 2.45) is 0 Å². The number of thioether (sulfide) groups is 1. The maximum atomic E-state index is 6.11. The summed E-state index contributed by atoms with van der Waals surface area (Å²) < 4.78 is 2.12. The number of benzene rings is 2. The van der Waals surface area contributed by atoms with E-state index in [0.29, 0.717) is 5.25 Å². The van der Waals surface area contributed by atoms with E-state index in [2.05, 4.69) is 27.8 Å². The maximum Gasteiger partial charge on any atom is 0.0946 e. The molecule has 0 saturated carbocycles. The number of nitrogens with two attached hydrogens (primary N) is 1. The molecule has 0 fully saturated rings. The Morgan fingerprint density at radius 3 is 2.62 bits per heavy atom. The molecule has 0 bridgehead atoms. The first-order chi connectivity index (χ1) is 11.7. The van der Waals surface area contributed by atoms with Gasteiger partial charge in [-0.1, -0.05) is 35.9 Å². The molecule has 1 aromatic heterocycles. The third kappa shape index (κ3) is 4.79. The first-order valence-corrected chi connectivity index (χ1v) is 9.18. The quantitative estimate of drug-likeness (QED) is 0.482. The number of hydrogen-bond donors (Lipinski definition) is 1. The van der Waals surface area contributed by atoms with Crippen LogP contribution in [-0.4, -0.2) is 14.8 Å². The van der Waals surface area contributed by atoms with Crippen molar-refractivity contribution in [3.63, 3.8) is 0 Å². The van der Waals surface area contributed by atoms with Gasteiger partial charge in [0.1, 0.15) is 0 Å². The van der Waals surface area contributed by atoms with Gasteiger partial charge in [0.15, 0.2) is 0 Å². The lowest BCUT2D eigenvalue weighted by Crippen LogP contribution is -2.13. The first kappa shape index (κ1) is 16.9. The molecule has 1 unspecified atom stereocenters.